The Morgan fingerprint density at radius 3 is 2.08 bits per heavy atom. The van der Waals surface area contributed by atoms with Crippen LogP contribution in [0.3, 0.4) is 0 Å². The zero-order valence-corrected chi connectivity index (χ0v) is 14.7. The van der Waals surface area contributed by atoms with E-state index in [9.17, 15) is 14.4 Å². The number of carbonyl (C=O) groups is 3. The van der Waals surface area contributed by atoms with Gasteiger partial charge in [-0.1, -0.05) is 0 Å². The average Bonchev–Trinajstić information content (AvgIpc) is 3.33. The number of esters is 1. The molecule has 0 spiro atoms. The van der Waals surface area contributed by atoms with Crippen LogP contribution in [0, 0.1) is 23.2 Å². The molecule has 0 radical (unpaired) electrons. The lowest BCUT2D eigenvalue weighted by Crippen LogP contribution is -2.48. The van der Waals surface area contributed by atoms with Crippen molar-refractivity contribution >= 4 is 17.8 Å². The summed E-state index contributed by atoms with van der Waals surface area (Å²) in [5, 5.41) is 5.45. The van der Waals surface area contributed by atoms with Crippen LogP contribution in [0.25, 0.3) is 0 Å². The van der Waals surface area contributed by atoms with E-state index in [4.69, 9.17) is 4.74 Å². The van der Waals surface area contributed by atoms with Gasteiger partial charge < -0.3 is 15.4 Å². The van der Waals surface area contributed by atoms with Gasteiger partial charge >= 0.3 is 5.97 Å². The van der Waals surface area contributed by atoms with E-state index in [1.54, 1.807) is 0 Å². The lowest BCUT2D eigenvalue weighted by molar-refractivity contribution is -0.148. The summed E-state index contributed by atoms with van der Waals surface area (Å²) in [6, 6.07) is 0.256. The molecule has 6 nitrogen and oxygen atoms in total. The third-order valence-corrected chi connectivity index (χ3v) is 6.44. The Hall–Kier alpha value is -1.59. The van der Waals surface area contributed by atoms with Crippen molar-refractivity contribution < 1.29 is 19.1 Å². The van der Waals surface area contributed by atoms with Crippen LogP contribution in [0.4, 0.5) is 0 Å². The first kappa shape index (κ1) is 16.9. The van der Waals surface area contributed by atoms with Gasteiger partial charge in [-0.15, -0.1) is 0 Å². The van der Waals surface area contributed by atoms with Crippen molar-refractivity contribution in [3.63, 3.8) is 0 Å². The van der Waals surface area contributed by atoms with Crippen LogP contribution < -0.4 is 10.6 Å². The zero-order chi connectivity index (χ0) is 17.4. The number of rotatable bonds is 7. The minimum Gasteiger partial charge on any atom is -0.454 e. The van der Waals surface area contributed by atoms with Gasteiger partial charge in [-0.2, -0.15) is 0 Å². The summed E-state index contributed by atoms with van der Waals surface area (Å²) >= 11 is 0. The van der Waals surface area contributed by atoms with Gasteiger partial charge in [0, 0.05) is 12.5 Å². The summed E-state index contributed by atoms with van der Waals surface area (Å²) < 4.78 is 4.91. The van der Waals surface area contributed by atoms with E-state index in [2.05, 4.69) is 10.6 Å². The Bertz CT molecular complexity index is 534. The molecule has 2 amide bonds. The molecular formula is C19H28N2O4. The van der Waals surface area contributed by atoms with Crippen molar-refractivity contribution in [2.45, 2.75) is 63.8 Å². The monoisotopic (exact) mass is 348 g/mol. The molecule has 5 aliphatic rings. The molecule has 6 heteroatoms. The van der Waals surface area contributed by atoms with Crippen molar-refractivity contribution in [3.05, 3.63) is 0 Å². The lowest BCUT2D eigenvalue weighted by Gasteiger charge is -2.56. The van der Waals surface area contributed by atoms with E-state index in [0.717, 1.165) is 30.6 Å². The normalized spacial score (nSPS) is 35.3. The van der Waals surface area contributed by atoms with E-state index >= 15 is 0 Å². The number of ether oxygens (including phenoxy) is 1. The van der Waals surface area contributed by atoms with Crippen LogP contribution in [-0.4, -0.2) is 37.0 Å². The molecule has 0 aromatic carbocycles. The Labute approximate surface area is 148 Å². The highest BCUT2D eigenvalue weighted by Gasteiger charge is 2.51. The molecule has 5 rings (SSSR count). The second kappa shape index (κ2) is 6.61. The molecule has 0 unspecified atom stereocenters. The topological polar surface area (TPSA) is 84.5 Å². The van der Waals surface area contributed by atoms with Crippen LogP contribution >= 0.6 is 0 Å². The second-order valence-electron chi connectivity index (χ2n) is 8.87. The van der Waals surface area contributed by atoms with Crippen molar-refractivity contribution in [2.24, 2.45) is 23.2 Å². The Kier molecular flexibility index (Phi) is 4.46. The second-order valence-corrected chi connectivity index (χ2v) is 8.87. The number of hydrogen-bond donors (Lipinski definition) is 2. The van der Waals surface area contributed by atoms with Crippen LogP contribution in [0.15, 0.2) is 0 Å². The van der Waals surface area contributed by atoms with E-state index in [1.807, 2.05) is 0 Å². The zero-order valence-electron chi connectivity index (χ0n) is 14.7. The minimum atomic E-state index is -0.551. The fraction of sp³-hybridized carbons (Fsp3) is 0.842. The molecule has 0 saturated heterocycles. The SMILES string of the molecule is O=C(CC12CC3CC(CC(C3)C1)C2)NCC(=O)OCC(=O)NC1CC1. The van der Waals surface area contributed by atoms with Gasteiger partial charge in [0.05, 0.1) is 0 Å². The molecule has 0 heterocycles. The molecule has 0 aliphatic heterocycles. The molecule has 0 atom stereocenters. The predicted octanol–water partition coefficient (Wildman–Crippen LogP) is 1.53. The van der Waals surface area contributed by atoms with Crippen molar-refractivity contribution in [3.8, 4) is 0 Å². The first-order valence-electron chi connectivity index (χ1n) is 9.71. The maximum Gasteiger partial charge on any atom is 0.325 e. The largest absolute Gasteiger partial charge is 0.454 e. The van der Waals surface area contributed by atoms with Crippen molar-refractivity contribution in [2.75, 3.05) is 13.2 Å². The molecule has 4 bridgehead atoms. The Balaban J connectivity index is 1.17. The smallest absolute Gasteiger partial charge is 0.325 e. The summed E-state index contributed by atoms with van der Waals surface area (Å²) in [5.74, 6) is 1.57. The molecular weight excluding hydrogens is 320 g/mol. The molecule has 0 aromatic heterocycles. The van der Waals surface area contributed by atoms with E-state index in [-0.39, 0.29) is 36.4 Å². The van der Waals surface area contributed by atoms with Gasteiger partial charge in [0.25, 0.3) is 5.91 Å². The highest BCUT2D eigenvalue weighted by atomic mass is 16.5. The van der Waals surface area contributed by atoms with E-state index in [0.29, 0.717) is 6.42 Å². The van der Waals surface area contributed by atoms with Gasteiger partial charge in [0.1, 0.15) is 6.54 Å². The molecule has 2 N–H and O–H groups in total. The quantitative estimate of drug-likeness (QED) is 0.684. The third kappa shape index (κ3) is 4.15. The standard InChI is InChI=1S/C19H28N2O4/c22-16(20-10-18(24)25-11-17(23)21-15-1-2-15)9-19-6-12-3-13(7-19)5-14(4-12)8-19/h12-15H,1-11H2,(H,20,22)(H,21,23). The molecule has 5 aliphatic carbocycles. The highest BCUT2D eigenvalue weighted by Crippen LogP contribution is 2.61. The number of hydrogen-bond acceptors (Lipinski definition) is 4. The van der Waals surface area contributed by atoms with Crippen LogP contribution in [-0.2, 0) is 19.1 Å². The van der Waals surface area contributed by atoms with Gasteiger partial charge in [0.2, 0.25) is 5.91 Å². The fourth-order valence-electron chi connectivity index (χ4n) is 5.77. The van der Waals surface area contributed by atoms with E-state index < -0.39 is 5.97 Å². The fourth-order valence-corrected chi connectivity index (χ4v) is 5.77. The summed E-state index contributed by atoms with van der Waals surface area (Å²) in [5.41, 5.74) is 0.174. The number of amides is 2. The third-order valence-electron chi connectivity index (χ3n) is 6.44. The molecule has 5 fully saturated rings. The summed E-state index contributed by atoms with van der Waals surface area (Å²) in [6.45, 7) is -0.415. The van der Waals surface area contributed by atoms with Crippen molar-refractivity contribution in [1.29, 1.82) is 0 Å². The molecule has 138 valence electrons. The maximum absolute atomic E-state index is 12.3. The highest BCUT2D eigenvalue weighted by molar-refractivity contribution is 5.84. The number of nitrogens with one attached hydrogen (secondary N) is 2. The molecule has 25 heavy (non-hydrogen) atoms. The Morgan fingerprint density at radius 1 is 0.920 bits per heavy atom. The lowest BCUT2D eigenvalue weighted by atomic mass is 9.49. The van der Waals surface area contributed by atoms with Gasteiger partial charge in [0.15, 0.2) is 6.61 Å². The minimum absolute atomic E-state index is 0.0543. The van der Waals surface area contributed by atoms with Crippen LogP contribution in [0.5, 0.6) is 0 Å². The first-order chi connectivity index (χ1) is 12.0. The van der Waals surface area contributed by atoms with E-state index in [1.165, 1.54) is 38.5 Å². The molecule has 0 aromatic rings. The summed E-state index contributed by atoms with van der Waals surface area (Å²) in [4.78, 5) is 35.5. The summed E-state index contributed by atoms with van der Waals surface area (Å²) in [6.07, 6.45) is 10.1. The first-order valence-corrected chi connectivity index (χ1v) is 9.71. The van der Waals surface area contributed by atoms with Crippen molar-refractivity contribution in [1.82, 2.24) is 10.6 Å². The van der Waals surface area contributed by atoms with Gasteiger partial charge in [-0.05, 0) is 74.5 Å². The average molecular weight is 348 g/mol. The van der Waals surface area contributed by atoms with Crippen LogP contribution in [0.2, 0.25) is 0 Å². The number of carbonyl (C=O) groups excluding carboxylic acids is 3. The molecule has 5 saturated carbocycles. The summed E-state index contributed by atoms with van der Waals surface area (Å²) in [7, 11) is 0. The van der Waals surface area contributed by atoms with Gasteiger partial charge in [-0.25, -0.2) is 0 Å². The van der Waals surface area contributed by atoms with Gasteiger partial charge in [-0.3, -0.25) is 14.4 Å². The predicted molar refractivity (Wildman–Crippen MR) is 90.4 cm³/mol. The van der Waals surface area contributed by atoms with Crippen LogP contribution in [0.1, 0.15) is 57.8 Å². The maximum atomic E-state index is 12.3. The Morgan fingerprint density at radius 2 is 1.52 bits per heavy atom.